The maximum Gasteiger partial charge on any atom is 0.332 e. The molecule has 0 saturated heterocycles. The summed E-state index contributed by atoms with van der Waals surface area (Å²) in [5.74, 6) is -0.660. The van der Waals surface area contributed by atoms with Crippen LogP contribution in [0.5, 0.6) is 0 Å². The molecule has 0 fully saturated rings. The van der Waals surface area contributed by atoms with Crippen molar-refractivity contribution in [2.75, 3.05) is 6.61 Å². The lowest BCUT2D eigenvalue weighted by atomic mass is 9.93. The summed E-state index contributed by atoms with van der Waals surface area (Å²) in [7, 11) is 0. The van der Waals surface area contributed by atoms with Crippen LogP contribution in [0.15, 0.2) is 78.9 Å². The highest BCUT2D eigenvalue weighted by atomic mass is 16.5. The van der Waals surface area contributed by atoms with Crippen molar-refractivity contribution >= 4 is 11.9 Å². The Kier molecular flexibility index (Phi) is 5.17. The van der Waals surface area contributed by atoms with Gasteiger partial charge in [-0.05, 0) is 35.2 Å². The monoisotopic (exact) mass is 385 g/mol. The number of esters is 1. The SMILES string of the molecule is CCOC(=O)C1(NC(=O)c2ccccc2-c2ccccc2)Cc2ccccc2C1. The van der Waals surface area contributed by atoms with Gasteiger partial charge in [0.1, 0.15) is 5.54 Å². The van der Waals surface area contributed by atoms with Crippen LogP contribution in [0.3, 0.4) is 0 Å². The second-order valence-electron chi connectivity index (χ2n) is 7.29. The summed E-state index contributed by atoms with van der Waals surface area (Å²) in [6.45, 7) is 2.05. The molecule has 4 heteroatoms. The average molecular weight is 385 g/mol. The summed E-state index contributed by atoms with van der Waals surface area (Å²) in [5.41, 5.74) is 3.38. The molecule has 0 radical (unpaired) electrons. The molecular formula is C25H23NO3. The molecule has 0 spiro atoms. The van der Waals surface area contributed by atoms with Crippen molar-refractivity contribution in [3.63, 3.8) is 0 Å². The van der Waals surface area contributed by atoms with Crippen LogP contribution >= 0.6 is 0 Å². The molecule has 29 heavy (non-hydrogen) atoms. The zero-order chi connectivity index (χ0) is 20.3. The first kappa shape index (κ1) is 18.9. The van der Waals surface area contributed by atoms with Crippen LogP contribution < -0.4 is 5.32 Å². The number of amides is 1. The molecule has 0 unspecified atom stereocenters. The summed E-state index contributed by atoms with van der Waals surface area (Å²) >= 11 is 0. The standard InChI is InChI=1S/C25H23NO3/c1-2-29-24(28)25(16-19-12-6-7-13-20(19)17-25)26-23(27)22-15-9-8-14-21(22)18-10-4-3-5-11-18/h3-15H,2,16-17H2,1H3,(H,26,27). The number of ether oxygens (including phenoxy) is 1. The second-order valence-corrected chi connectivity index (χ2v) is 7.29. The Bertz CT molecular complexity index is 1020. The number of benzene rings is 3. The molecule has 0 heterocycles. The highest BCUT2D eigenvalue weighted by Gasteiger charge is 2.46. The molecule has 1 N–H and O–H groups in total. The zero-order valence-electron chi connectivity index (χ0n) is 16.4. The quantitative estimate of drug-likeness (QED) is 0.670. The van der Waals surface area contributed by atoms with E-state index in [9.17, 15) is 9.59 Å². The molecular weight excluding hydrogens is 362 g/mol. The molecule has 1 aliphatic carbocycles. The average Bonchev–Trinajstić information content (AvgIpc) is 3.14. The van der Waals surface area contributed by atoms with Crippen LogP contribution in [-0.2, 0) is 22.4 Å². The molecule has 0 atom stereocenters. The summed E-state index contributed by atoms with van der Waals surface area (Å²) in [4.78, 5) is 26.3. The number of hydrogen-bond acceptors (Lipinski definition) is 3. The van der Waals surface area contributed by atoms with Gasteiger partial charge in [-0.15, -0.1) is 0 Å². The minimum atomic E-state index is -1.08. The summed E-state index contributed by atoms with van der Waals surface area (Å²) in [6.07, 6.45) is 0.864. The van der Waals surface area contributed by atoms with E-state index in [0.29, 0.717) is 18.4 Å². The number of carbonyl (C=O) groups excluding carboxylic acids is 2. The Balaban J connectivity index is 1.68. The summed E-state index contributed by atoms with van der Waals surface area (Å²) in [6, 6.07) is 25.1. The van der Waals surface area contributed by atoms with Crippen molar-refractivity contribution < 1.29 is 14.3 Å². The predicted molar refractivity (Wildman–Crippen MR) is 113 cm³/mol. The molecule has 0 aliphatic heterocycles. The highest BCUT2D eigenvalue weighted by molar-refractivity contribution is 6.03. The third-order valence-corrected chi connectivity index (χ3v) is 5.38. The van der Waals surface area contributed by atoms with Crippen LogP contribution in [0.4, 0.5) is 0 Å². The van der Waals surface area contributed by atoms with Gasteiger partial charge in [-0.25, -0.2) is 4.79 Å². The fourth-order valence-electron chi connectivity index (χ4n) is 4.00. The number of nitrogens with one attached hydrogen (secondary N) is 1. The number of rotatable bonds is 5. The lowest BCUT2D eigenvalue weighted by molar-refractivity contribution is -0.150. The second kappa shape index (κ2) is 7.92. The van der Waals surface area contributed by atoms with E-state index in [4.69, 9.17) is 4.74 Å². The van der Waals surface area contributed by atoms with Gasteiger partial charge in [0.05, 0.1) is 6.61 Å². The van der Waals surface area contributed by atoms with E-state index in [1.807, 2.05) is 72.8 Å². The van der Waals surface area contributed by atoms with Gasteiger partial charge in [0.2, 0.25) is 0 Å². The third kappa shape index (κ3) is 3.66. The molecule has 1 amide bonds. The van der Waals surface area contributed by atoms with Gasteiger partial charge in [-0.2, -0.15) is 0 Å². The van der Waals surface area contributed by atoms with E-state index in [2.05, 4.69) is 5.32 Å². The first-order valence-electron chi connectivity index (χ1n) is 9.84. The molecule has 4 nitrogen and oxygen atoms in total. The highest BCUT2D eigenvalue weighted by Crippen LogP contribution is 2.32. The molecule has 0 saturated carbocycles. The van der Waals surface area contributed by atoms with Gasteiger partial charge in [0.15, 0.2) is 0 Å². The van der Waals surface area contributed by atoms with Crippen molar-refractivity contribution in [3.05, 3.63) is 95.6 Å². The molecule has 1 aliphatic rings. The number of fused-ring (bicyclic) bond motifs is 1. The molecule has 0 bridgehead atoms. The van der Waals surface area contributed by atoms with Crippen LogP contribution in [0, 0.1) is 0 Å². The normalized spacial score (nSPS) is 14.1. The molecule has 0 aromatic heterocycles. The van der Waals surface area contributed by atoms with E-state index in [-0.39, 0.29) is 18.5 Å². The fraction of sp³-hybridized carbons (Fsp3) is 0.200. The Hall–Kier alpha value is -3.40. The molecule has 3 aromatic rings. The first-order chi connectivity index (χ1) is 14.1. The van der Waals surface area contributed by atoms with Crippen LogP contribution in [0.1, 0.15) is 28.4 Å². The minimum Gasteiger partial charge on any atom is -0.464 e. The van der Waals surface area contributed by atoms with Gasteiger partial charge in [-0.3, -0.25) is 4.79 Å². The van der Waals surface area contributed by atoms with Crippen molar-refractivity contribution in [1.82, 2.24) is 5.32 Å². The van der Waals surface area contributed by atoms with Crippen molar-refractivity contribution in [2.24, 2.45) is 0 Å². The maximum atomic E-state index is 13.3. The topological polar surface area (TPSA) is 55.4 Å². The van der Waals surface area contributed by atoms with Gasteiger partial charge in [0.25, 0.3) is 5.91 Å². The lowest BCUT2D eigenvalue weighted by Gasteiger charge is -2.28. The number of carbonyl (C=O) groups is 2. The van der Waals surface area contributed by atoms with Crippen LogP contribution in [0.2, 0.25) is 0 Å². The smallest absolute Gasteiger partial charge is 0.332 e. The zero-order valence-corrected chi connectivity index (χ0v) is 16.4. The predicted octanol–water partition coefficient (Wildman–Crippen LogP) is 4.18. The van der Waals surface area contributed by atoms with Crippen molar-refractivity contribution in [2.45, 2.75) is 25.3 Å². The fourth-order valence-corrected chi connectivity index (χ4v) is 4.00. The first-order valence-corrected chi connectivity index (χ1v) is 9.84. The maximum absolute atomic E-state index is 13.3. The van der Waals surface area contributed by atoms with Gasteiger partial charge in [0, 0.05) is 18.4 Å². The number of hydrogen-bond donors (Lipinski definition) is 1. The Morgan fingerprint density at radius 2 is 1.45 bits per heavy atom. The van der Waals surface area contributed by atoms with E-state index in [1.54, 1.807) is 13.0 Å². The van der Waals surface area contributed by atoms with Crippen molar-refractivity contribution in [1.29, 1.82) is 0 Å². The van der Waals surface area contributed by atoms with E-state index in [1.165, 1.54) is 0 Å². The van der Waals surface area contributed by atoms with Crippen LogP contribution in [-0.4, -0.2) is 24.0 Å². The summed E-state index contributed by atoms with van der Waals surface area (Å²) in [5, 5.41) is 3.04. The molecule has 3 aromatic carbocycles. The van der Waals surface area contributed by atoms with Gasteiger partial charge >= 0.3 is 5.97 Å². The summed E-state index contributed by atoms with van der Waals surface area (Å²) < 4.78 is 5.36. The van der Waals surface area contributed by atoms with Crippen molar-refractivity contribution in [3.8, 4) is 11.1 Å². The van der Waals surface area contributed by atoms with E-state index in [0.717, 1.165) is 22.3 Å². The Morgan fingerprint density at radius 3 is 2.10 bits per heavy atom. The van der Waals surface area contributed by atoms with Crippen LogP contribution in [0.25, 0.3) is 11.1 Å². The van der Waals surface area contributed by atoms with E-state index >= 15 is 0 Å². The van der Waals surface area contributed by atoms with Gasteiger partial charge in [-0.1, -0.05) is 72.8 Å². The Morgan fingerprint density at radius 1 is 0.862 bits per heavy atom. The lowest BCUT2D eigenvalue weighted by Crippen LogP contribution is -2.56. The van der Waals surface area contributed by atoms with Gasteiger partial charge < -0.3 is 10.1 Å². The molecule has 146 valence electrons. The Labute approximate surface area is 170 Å². The minimum absolute atomic E-state index is 0.271. The largest absolute Gasteiger partial charge is 0.464 e. The van der Waals surface area contributed by atoms with E-state index < -0.39 is 5.54 Å². The molecule has 4 rings (SSSR count). The third-order valence-electron chi connectivity index (χ3n) is 5.38.